The molecular formula is C14H28N2O. The predicted octanol–water partition coefficient (Wildman–Crippen LogP) is 2.02. The third kappa shape index (κ3) is 4.94. The van der Waals surface area contributed by atoms with Crippen molar-refractivity contribution < 1.29 is 4.74 Å². The first kappa shape index (κ1) is 13.3. The fraction of sp³-hybridized carbons (Fsp3) is 1.00. The highest BCUT2D eigenvalue weighted by Crippen LogP contribution is 2.12. The number of hydrogen-bond acceptors (Lipinski definition) is 3. The van der Waals surface area contributed by atoms with E-state index >= 15 is 0 Å². The lowest BCUT2D eigenvalue weighted by atomic mass is 10.0. The van der Waals surface area contributed by atoms with Crippen molar-refractivity contribution in [2.75, 3.05) is 32.8 Å². The maximum atomic E-state index is 5.70. The SMILES string of the molecule is CC1CN(CC2CCCCCCN2)CCCO1. The summed E-state index contributed by atoms with van der Waals surface area (Å²) in [4.78, 5) is 2.59. The van der Waals surface area contributed by atoms with Gasteiger partial charge in [0.1, 0.15) is 0 Å². The van der Waals surface area contributed by atoms with Crippen LogP contribution in [0.1, 0.15) is 45.4 Å². The van der Waals surface area contributed by atoms with Gasteiger partial charge in [-0.15, -0.1) is 0 Å². The summed E-state index contributed by atoms with van der Waals surface area (Å²) in [6, 6.07) is 0.709. The Balaban J connectivity index is 1.76. The van der Waals surface area contributed by atoms with Gasteiger partial charge in [0.05, 0.1) is 6.10 Å². The summed E-state index contributed by atoms with van der Waals surface area (Å²) in [6.45, 7) is 7.89. The Morgan fingerprint density at radius 2 is 2.06 bits per heavy atom. The second-order valence-electron chi connectivity index (χ2n) is 5.65. The van der Waals surface area contributed by atoms with Crippen molar-refractivity contribution in [3.8, 4) is 0 Å². The smallest absolute Gasteiger partial charge is 0.0673 e. The van der Waals surface area contributed by atoms with E-state index in [9.17, 15) is 0 Å². The molecule has 2 aliphatic heterocycles. The average Bonchev–Trinajstić information content (AvgIpc) is 2.46. The first-order valence-corrected chi connectivity index (χ1v) is 7.42. The molecule has 0 aromatic heterocycles. The number of ether oxygens (including phenoxy) is 1. The van der Waals surface area contributed by atoms with E-state index in [1.54, 1.807) is 0 Å². The fourth-order valence-electron chi connectivity index (χ4n) is 2.99. The van der Waals surface area contributed by atoms with Crippen LogP contribution in [0.2, 0.25) is 0 Å². The van der Waals surface area contributed by atoms with Gasteiger partial charge >= 0.3 is 0 Å². The van der Waals surface area contributed by atoms with E-state index in [-0.39, 0.29) is 0 Å². The van der Waals surface area contributed by atoms with Crippen molar-refractivity contribution in [3.05, 3.63) is 0 Å². The van der Waals surface area contributed by atoms with Crippen molar-refractivity contribution in [2.45, 2.75) is 57.6 Å². The van der Waals surface area contributed by atoms with E-state index in [4.69, 9.17) is 4.74 Å². The summed E-state index contributed by atoms with van der Waals surface area (Å²) >= 11 is 0. The molecule has 2 saturated heterocycles. The van der Waals surface area contributed by atoms with Gasteiger partial charge in [-0.2, -0.15) is 0 Å². The topological polar surface area (TPSA) is 24.5 Å². The van der Waals surface area contributed by atoms with Gasteiger partial charge in [0.25, 0.3) is 0 Å². The predicted molar refractivity (Wildman–Crippen MR) is 71.3 cm³/mol. The monoisotopic (exact) mass is 240 g/mol. The Morgan fingerprint density at radius 1 is 1.18 bits per heavy atom. The molecule has 2 rings (SSSR count). The van der Waals surface area contributed by atoms with Gasteiger partial charge in [-0.3, -0.25) is 4.90 Å². The van der Waals surface area contributed by atoms with Crippen molar-refractivity contribution in [1.29, 1.82) is 0 Å². The number of hydrogen-bond donors (Lipinski definition) is 1. The van der Waals surface area contributed by atoms with Crippen LogP contribution in [0.5, 0.6) is 0 Å². The van der Waals surface area contributed by atoms with Crippen LogP contribution in [-0.4, -0.2) is 49.8 Å². The molecule has 0 aromatic carbocycles. The third-order valence-electron chi connectivity index (χ3n) is 3.93. The summed E-state index contributed by atoms with van der Waals surface area (Å²) in [6.07, 6.45) is 8.55. The Labute approximate surface area is 106 Å². The van der Waals surface area contributed by atoms with E-state index < -0.39 is 0 Å². The normalized spacial score (nSPS) is 33.7. The van der Waals surface area contributed by atoms with Crippen LogP contribution in [0.15, 0.2) is 0 Å². The van der Waals surface area contributed by atoms with Crippen LogP contribution >= 0.6 is 0 Å². The van der Waals surface area contributed by atoms with Crippen LogP contribution in [-0.2, 0) is 4.74 Å². The Hall–Kier alpha value is -0.120. The van der Waals surface area contributed by atoms with Crippen LogP contribution in [0, 0.1) is 0 Å². The molecule has 3 nitrogen and oxygen atoms in total. The molecule has 2 fully saturated rings. The summed E-state index contributed by atoms with van der Waals surface area (Å²) in [5, 5.41) is 3.72. The summed E-state index contributed by atoms with van der Waals surface area (Å²) < 4.78 is 5.70. The van der Waals surface area contributed by atoms with E-state index in [0.717, 1.165) is 13.2 Å². The zero-order chi connectivity index (χ0) is 11.9. The second-order valence-corrected chi connectivity index (χ2v) is 5.65. The van der Waals surface area contributed by atoms with Gasteiger partial charge in [-0.05, 0) is 32.7 Å². The van der Waals surface area contributed by atoms with Crippen molar-refractivity contribution in [1.82, 2.24) is 10.2 Å². The fourth-order valence-corrected chi connectivity index (χ4v) is 2.99. The van der Waals surface area contributed by atoms with Crippen LogP contribution in [0.25, 0.3) is 0 Å². The zero-order valence-electron chi connectivity index (χ0n) is 11.3. The van der Waals surface area contributed by atoms with E-state index in [1.807, 2.05) is 0 Å². The molecule has 1 N–H and O–H groups in total. The summed E-state index contributed by atoms with van der Waals surface area (Å²) in [7, 11) is 0. The van der Waals surface area contributed by atoms with Gasteiger partial charge < -0.3 is 10.1 Å². The highest BCUT2D eigenvalue weighted by Gasteiger charge is 2.19. The second kappa shape index (κ2) is 7.34. The van der Waals surface area contributed by atoms with Gasteiger partial charge in [0, 0.05) is 32.3 Å². The molecule has 2 aliphatic rings. The largest absolute Gasteiger partial charge is 0.377 e. The van der Waals surface area contributed by atoms with Gasteiger partial charge in [0.15, 0.2) is 0 Å². The molecule has 0 spiro atoms. The molecule has 0 amide bonds. The van der Waals surface area contributed by atoms with Gasteiger partial charge in [0.2, 0.25) is 0 Å². The Morgan fingerprint density at radius 3 is 3.00 bits per heavy atom. The molecule has 3 heteroatoms. The van der Waals surface area contributed by atoms with Gasteiger partial charge in [-0.25, -0.2) is 0 Å². The molecule has 0 bridgehead atoms. The molecule has 2 heterocycles. The van der Waals surface area contributed by atoms with Crippen molar-refractivity contribution in [2.24, 2.45) is 0 Å². The molecular weight excluding hydrogens is 212 g/mol. The summed E-state index contributed by atoms with van der Waals surface area (Å²) in [5.74, 6) is 0. The lowest BCUT2D eigenvalue weighted by Crippen LogP contribution is -2.43. The number of nitrogens with zero attached hydrogens (tertiary/aromatic N) is 1. The van der Waals surface area contributed by atoms with Crippen LogP contribution in [0.3, 0.4) is 0 Å². The lowest BCUT2D eigenvalue weighted by Gasteiger charge is -2.29. The van der Waals surface area contributed by atoms with Crippen LogP contribution in [0.4, 0.5) is 0 Å². The molecule has 0 radical (unpaired) electrons. The highest BCUT2D eigenvalue weighted by molar-refractivity contribution is 4.76. The minimum atomic E-state index is 0.408. The third-order valence-corrected chi connectivity index (χ3v) is 3.93. The Kier molecular flexibility index (Phi) is 5.75. The van der Waals surface area contributed by atoms with E-state index in [0.29, 0.717) is 12.1 Å². The standard InChI is InChI=1S/C14H28N2O/c1-13-11-16(9-6-10-17-13)12-14-7-4-2-3-5-8-15-14/h13-15H,2-12H2,1H3. The van der Waals surface area contributed by atoms with E-state index in [1.165, 1.54) is 58.2 Å². The number of nitrogens with one attached hydrogen (secondary N) is 1. The molecule has 0 saturated carbocycles. The van der Waals surface area contributed by atoms with E-state index in [2.05, 4.69) is 17.1 Å². The first-order valence-electron chi connectivity index (χ1n) is 7.42. The van der Waals surface area contributed by atoms with Gasteiger partial charge in [-0.1, -0.05) is 19.3 Å². The highest BCUT2D eigenvalue weighted by atomic mass is 16.5. The molecule has 100 valence electrons. The maximum Gasteiger partial charge on any atom is 0.0673 e. The molecule has 0 aromatic rings. The average molecular weight is 240 g/mol. The molecule has 17 heavy (non-hydrogen) atoms. The Bertz CT molecular complexity index is 202. The molecule has 0 aliphatic carbocycles. The molecule has 2 atom stereocenters. The van der Waals surface area contributed by atoms with Crippen molar-refractivity contribution in [3.63, 3.8) is 0 Å². The summed E-state index contributed by atoms with van der Waals surface area (Å²) in [5.41, 5.74) is 0. The number of rotatable bonds is 2. The van der Waals surface area contributed by atoms with Crippen LogP contribution < -0.4 is 5.32 Å². The zero-order valence-corrected chi connectivity index (χ0v) is 11.3. The lowest BCUT2D eigenvalue weighted by molar-refractivity contribution is 0.0661. The first-order chi connectivity index (χ1) is 8.34. The maximum absolute atomic E-state index is 5.70. The molecule has 2 unspecified atom stereocenters. The minimum Gasteiger partial charge on any atom is -0.377 e. The van der Waals surface area contributed by atoms with Crippen molar-refractivity contribution >= 4 is 0 Å². The quantitative estimate of drug-likeness (QED) is 0.799. The minimum absolute atomic E-state index is 0.408.